The summed E-state index contributed by atoms with van der Waals surface area (Å²) in [7, 11) is 0. The Morgan fingerprint density at radius 3 is 2.12 bits per heavy atom. The average molecular weight is 351 g/mol. The summed E-state index contributed by atoms with van der Waals surface area (Å²) >= 11 is 0. The normalized spacial score (nSPS) is 14.0. The molecule has 3 rings (SSSR count). The fourth-order valence-electron chi connectivity index (χ4n) is 3.12. The number of benzene rings is 2. The number of nitrogens with one attached hydrogen (secondary N) is 2. The lowest BCUT2D eigenvalue weighted by Crippen LogP contribution is -2.29. The molecule has 0 bridgehead atoms. The highest BCUT2D eigenvalue weighted by Crippen LogP contribution is 2.21. The Morgan fingerprint density at radius 1 is 0.885 bits per heavy atom. The molecular weight excluding hydrogens is 326 g/mol. The van der Waals surface area contributed by atoms with E-state index in [1.807, 2.05) is 12.1 Å². The maximum Gasteiger partial charge on any atom is 0.243 e. The monoisotopic (exact) mass is 351 g/mol. The van der Waals surface area contributed by atoms with E-state index in [-0.39, 0.29) is 18.2 Å². The van der Waals surface area contributed by atoms with Crippen molar-refractivity contribution in [3.05, 3.63) is 54.1 Å². The fraction of sp³-hybridized carbons (Fsp3) is 0.333. The molecule has 0 radical (unpaired) electrons. The molecule has 0 spiro atoms. The second-order valence-corrected chi connectivity index (χ2v) is 6.63. The molecule has 1 amide bonds. The first-order chi connectivity index (χ1) is 12.6. The Balaban J connectivity index is 1.49. The lowest BCUT2D eigenvalue weighted by atomic mass is 10.1. The van der Waals surface area contributed by atoms with Crippen LogP contribution in [0.2, 0.25) is 0 Å². The van der Waals surface area contributed by atoms with Crippen molar-refractivity contribution < 1.29 is 9.59 Å². The van der Waals surface area contributed by atoms with Gasteiger partial charge in [-0.25, -0.2) is 0 Å². The van der Waals surface area contributed by atoms with Crippen LogP contribution in [0.3, 0.4) is 0 Å². The highest BCUT2D eigenvalue weighted by Gasteiger charge is 2.11. The fourth-order valence-corrected chi connectivity index (χ4v) is 3.12. The van der Waals surface area contributed by atoms with Crippen LogP contribution in [0.5, 0.6) is 0 Å². The van der Waals surface area contributed by atoms with Crippen LogP contribution < -0.4 is 15.5 Å². The van der Waals surface area contributed by atoms with Gasteiger partial charge in [0.25, 0.3) is 0 Å². The summed E-state index contributed by atoms with van der Waals surface area (Å²) in [5.74, 6) is -0.0753. The predicted molar refractivity (Wildman–Crippen MR) is 106 cm³/mol. The summed E-state index contributed by atoms with van der Waals surface area (Å²) in [4.78, 5) is 25.8. The van der Waals surface area contributed by atoms with Crippen molar-refractivity contribution in [3.63, 3.8) is 0 Å². The summed E-state index contributed by atoms with van der Waals surface area (Å²) < 4.78 is 0. The minimum absolute atomic E-state index is 0.0299. The lowest BCUT2D eigenvalue weighted by Gasteiger charge is -2.28. The maximum absolute atomic E-state index is 12.1. The third kappa shape index (κ3) is 4.85. The van der Waals surface area contributed by atoms with Crippen LogP contribution in [0, 0.1) is 0 Å². The third-order valence-electron chi connectivity index (χ3n) is 4.62. The van der Waals surface area contributed by atoms with E-state index >= 15 is 0 Å². The predicted octanol–water partition coefficient (Wildman–Crippen LogP) is 3.93. The molecule has 2 aromatic rings. The zero-order valence-electron chi connectivity index (χ0n) is 15.1. The molecule has 0 unspecified atom stereocenters. The Labute approximate surface area is 154 Å². The van der Waals surface area contributed by atoms with E-state index in [0.29, 0.717) is 5.56 Å². The number of nitrogens with zero attached hydrogens (tertiary/aromatic N) is 1. The van der Waals surface area contributed by atoms with Crippen molar-refractivity contribution in [2.45, 2.75) is 26.2 Å². The highest BCUT2D eigenvalue weighted by atomic mass is 16.2. The van der Waals surface area contributed by atoms with Gasteiger partial charge in [-0.2, -0.15) is 0 Å². The molecule has 1 aliphatic heterocycles. The van der Waals surface area contributed by atoms with Crippen molar-refractivity contribution in [2.24, 2.45) is 0 Å². The molecule has 0 aliphatic carbocycles. The van der Waals surface area contributed by atoms with Gasteiger partial charge in [0.05, 0.1) is 6.54 Å². The Bertz CT molecular complexity index is 748. The molecule has 1 fully saturated rings. The number of rotatable bonds is 6. The molecule has 0 saturated carbocycles. The van der Waals surface area contributed by atoms with Crippen LogP contribution in [0.4, 0.5) is 17.1 Å². The summed E-state index contributed by atoms with van der Waals surface area (Å²) in [5, 5.41) is 5.96. The molecule has 2 N–H and O–H groups in total. The van der Waals surface area contributed by atoms with E-state index in [2.05, 4.69) is 27.7 Å². The lowest BCUT2D eigenvalue weighted by molar-refractivity contribution is -0.114. The van der Waals surface area contributed by atoms with Gasteiger partial charge in [0.1, 0.15) is 0 Å². The van der Waals surface area contributed by atoms with Crippen molar-refractivity contribution in [2.75, 3.05) is 35.2 Å². The number of piperidine rings is 1. The number of Topliss-reactive ketones (excluding diaryl/α,β-unsaturated/α-hetero) is 1. The molecule has 136 valence electrons. The van der Waals surface area contributed by atoms with Gasteiger partial charge in [0.2, 0.25) is 5.91 Å². The molecule has 0 atom stereocenters. The maximum atomic E-state index is 12.1. The van der Waals surface area contributed by atoms with Crippen LogP contribution in [0.25, 0.3) is 0 Å². The zero-order chi connectivity index (χ0) is 18.4. The molecule has 5 heteroatoms. The van der Waals surface area contributed by atoms with Gasteiger partial charge < -0.3 is 15.5 Å². The Hall–Kier alpha value is -2.82. The molecule has 2 aromatic carbocycles. The highest BCUT2D eigenvalue weighted by molar-refractivity contribution is 5.95. The number of anilines is 3. The number of carbonyl (C=O) groups is 2. The van der Waals surface area contributed by atoms with Gasteiger partial charge in [-0.1, -0.05) is 0 Å². The summed E-state index contributed by atoms with van der Waals surface area (Å²) in [5.41, 5.74) is 3.48. The van der Waals surface area contributed by atoms with Crippen LogP contribution >= 0.6 is 0 Å². The summed E-state index contributed by atoms with van der Waals surface area (Å²) in [6, 6.07) is 15.1. The van der Waals surface area contributed by atoms with Crippen molar-refractivity contribution in [1.82, 2.24) is 0 Å². The Morgan fingerprint density at radius 2 is 1.50 bits per heavy atom. The first-order valence-electron chi connectivity index (χ1n) is 9.11. The van der Waals surface area contributed by atoms with Crippen LogP contribution in [-0.2, 0) is 4.79 Å². The second-order valence-electron chi connectivity index (χ2n) is 6.63. The van der Waals surface area contributed by atoms with Gasteiger partial charge in [-0.3, -0.25) is 9.59 Å². The molecule has 26 heavy (non-hydrogen) atoms. The second kappa shape index (κ2) is 8.52. The number of amides is 1. The van der Waals surface area contributed by atoms with Crippen molar-refractivity contribution in [3.8, 4) is 0 Å². The topological polar surface area (TPSA) is 61.4 Å². The molecule has 1 heterocycles. The van der Waals surface area contributed by atoms with E-state index in [1.165, 1.54) is 31.9 Å². The van der Waals surface area contributed by atoms with Crippen LogP contribution in [0.1, 0.15) is 36.5 Å². The largest absolute Gasteiger partial charge is 0.376 e. The van der Waals surface area contributed by atoms with Gasteiger partial charge in [0, 0.05) is 35.7 Å². The van der Waals surface area contributed by atoms with E-state index in [4.69, 9.17) is 0 Å². The SMILES string of the molecule is CC(=O)c1ccc(NCC(=O)Nc2ccc(N3CCCCC3)cc2)cc1. The van der Waals surface area contributed by atoms with Gasteiger partial charge in [-0.15, -0.1) is 0 Å². The van der Waals surface area contributed by atoms with Gasteiger partial charge in [0.15, 0.2) is 5.78 Å². The first kappa shape index (κ1) is 18.0. The number of hydrogen-bond donors (Lipinski definition) is 2. The van der Waals surface area contributed by atoms with E-state index in [9.17, 15) is 9.59 Å². The van der Waals surface area contributed by atoms with Gasteiger partial charge >= 0.3 is 0 Å². The first-order valence-corrected chi connectivity index (χ1v) is 9.11. The minimum Gasteiger partial charge on any atom is -0.376 e. The van der Waals surface area contributed by atoms with E-state index in [1.54, 1.807) is 24.3 Å². The van der Waals surface area contributed by atoms with Gasteiger partial charge in [-0.05, 0) is 74.7 Å². The minimum atomic E-state index is -0.105. The van der Waals surface area contributed by atoms with E-state index < -0.39 is 0 Å². The van der Waals surface area contributed by atoms with Crippen LogP contribution in [-0.4, -0.2) is 31.3 Å². The van der Waals surface area contributed by atoms with Crippen LogP contribution in [0.15, 0.2) is 48.5 Å². The van der Waals surface area contributed by atoms with Crippen molar-refractivity contribution in [1.29, 1.82) is 0 Å². The summed E-state index contributed by atoms with van der Waals surface area (Å²) in [6.07, 6.45) is 3.81. The molecule has 1 saturated heterocycles. The quantitative estimate of drug-likeness (QED) is 0.774. The smallest absolute Gasteiger partial charge is 0.243 e. The molecular formula is C21H25N3O2. The van der Waals surface area contributed by atoms with E-state index in [0.717, 1.165) is 24.5 Å². The zero-order valence-corrected chi connectivity index (χ0v) is 15.1. The van der Waals surface area contributed by atoms with Crippen molar-refractivity contribution >= 4 is 28.8 Å². The number of hydrogen-bond acceptors (Lipinski definition) is 4. The molecule has 0 aromatic heterocycles. The Kier molecular flexibility index (Phi) is 5.89. The standard InChI is InChI=1S/C21H25N3O2/c1-16(25)17-5-7-18(8-6-17)22-15-21(26)23-19-9-11-20(12-10-19)24-13-3-2-4-14-24/h5-12,22H,2-4,13-15H2,1H3,(H,23,26). The molecule has 5 nitrogen and oxygen atoms in total. The third-order valence-corrected chi connectivity index (χ3v) is 4.62. The number of ketones is 1. The summed E-state index contributed by atoms with van der Waals surface area (Å²) in [6.45, 7) is 3.93. The number of carbonyl (C=O) groups excluding carboxylic acids is 2. The molecule has 1 aliphatic rings. The average Bonchev–Trinajstić information content (AvgIpc) is 2.68.